The zero-order valence-electron chi connectivity index (χ0n) is 16.2. The Morgan fingerprint density at radius 1 is 1.10 bits per heavy atom. The van der Waals surface area contributed by atoms with E-state index in [1.165, 1.54) is 12.1 Å². The highest BCUT2D eigenvalue weighted by atomic mass is 79.9. The van der Waals surface area contributed by atoms with Crippen molar-refractivity contribution in [1.82, 2.24) is 0 Å². The van der Waals surface area contributed by atoms with Crippen molar-refractivity contribution in [3.8, 4) is 11.5 Å². The van der Waals surface area contributed by atoms with E-state index in [1.807, 2.05) is 43.3 Å². The largest absolute Gasteiger partial charge is 0.490 e. The third-order valence-corrected chi connectivity index (χ3v) is 5.21. The van der Waals surface area contributed by atoms with Crippen molar-refractivity contribution in [3.05, 3.63) is 91.4 Å². The Hall–Kier alpha value is -2.77. The maximum atomic E-state index is 10.9. The van der Waals surface area contributed by atoms with Crippen molar-refractivity contribution in [2.45, 2.75) is 20.1 Å². The summed E-state index contributed by atoms with van der Waals surface area (Å²) in [6, 6.07) is 17.7. The molecule has 0 unspecified atom stereocenters. The van der Waals surface area contributed by atoms with Gasteiger partial charge in [-0.2, -0.15) is 0 Å². The Balaban J connectivity index is 1.76. The number of anilines is 1. The van der Waals surface area contributed by atoms with E-state index in [1.54, 1.807) is 12.1 Å². The monoisotopic (exact) mass is 490 g/mol. The molecule has 0 aliphatic heterocycles. The van der Waals surface area contributed by atoms with Gasteiger partial charge in [0.25, 0.3) is 5.69 Å². The molecule has 0 radical (unpaired) electrons. The molecule has 0 bridgehead atoms. The van der Waals surface area contributed by atoms with E-state index in [-0.39, 0.29) is 5.69 Å². The Morgan fingerprint density at radius 2 is 1.90 bits per heavy atom. The fourth-order valence-electron chi connectivity index (χ4n) is 2.83. The number of non-ortho nitro benzene ring substituents is 1. The molecular weight excluding hydrogens is 472 g/mol. The molecule has 0 heterocycles. The van der Waals surface area contributed by atoms with Gasteiger partial charge < -0.3 is 14.8 Å². The fraction of sp³-hybridized carbons (Fsp3) is 0.182. The number of halogens is 2. The molecule has 3 aromatic carbocycles. The van der Waals surface area contributed by atoms with Crippen LogP contribution >= 0.6 is 27.5 Å². The molecule has 8 heteroatoms. The van der Waals surface area contributed by atoms with E-state index < -0.39 is 4.92 Å². The molecule has 156 valence electrons. The lowest BCUT2D eigenvalue weighted by Gasteiger charge is -2.16. The summed E-state index contributed by atoms with van der Waals surface area (Å²) in [6.07, 6.45) is 0. The first-order chi connectivity index (χ1) is 14.5. The van der Waals surface area contributed by atoms with Gasteiger partial charge in [0.15, 0.2) is 11.5 Å². The van der Waals surface area contributed by atoms with Gasteiger partial charge >= 0.3 is 0 Å². The van der Waals surface area contributed by atoms with Crippen molar-refractivity contribution in [3.63, 3.8) is 0 Å². The first-order valence-corrected chi connectivity index (χ1v) is 10.4. The average Bonchev–Trinajstić information content (AvgIpc) is 2.73. The number of benzene rings is 3. The van der Waals surface area contributed by atoms with Gasteiger partial charge in [0, 0.05) is 35.0 Å². The maximum Gasteiger partial charge on any atom is 0.271 e. The molecule has 0 saturated heterocycles. The van der Waals surface area contributed by atoms with Crippen LogP contribution in [0.15, 0.2) is 65.1 Å². The van der Waals surface area contributed by atoms with Crippen LogP contribution in [0.1, 0.15) is 18.1 Å². The summed E-state index contributed by atoms with van der Waals surface area (Å²) in [5.41, 5.74) is 2.52. The van der Waals surface area contributed by atoms with Crippen molar-refractivity contribution in [2.24, 2.45) is 0 Å². The van der Waals surface area contributed by atoms with E-state index >= 15 is 0 Å². The maximum absolute atomic E-state index is 10.9. The molecule has 6 nitrogen and oxygen atoms in total. The lowest BCUT2D eigenvalue weighted by Crippen LogP contribution is -2.04. The molecule has 0 aliphatic rings. The van der Waals surface area contributed by atoms with Gasteiger partial charge in [0.2, 0.25) is 0 Å². The topological polar surface area (TPSA) is 73.6 Å². The number of hydrogen-bond donors (Lipinski definition) is 1. The second-order valence-corrected chi connectivity index (χ2v) is 7.64. The van der Waals surface area contributed by atoms with Crippen molar-refractivity contribution >= 4 is 38.9 Å². The number of nitro benzene ring substituents is 1. The van der Waals surface area contributed by atoms with Crippen molar-refractivity contribution in [1.29, 1.82) is 0 Å². The lowest BCUT2D eigenvalue weighted by molar-refractivity contribution is -0.384. The summed E-state index contributed by atoms with van der Waals surface area (Å²) >= 11 is 9.78. The Morgan fingerprint density at radius 3 is 2.63 bits per heavy atom. The highest BCUT2D eigenvalue weighted by Crippen LogP contribution is 2.38. The molecule has 30 heavy (non-hydrogen) atoms. The highest BCUT2D eigenvalue weighted by Gasteiger charge is 2.14. The summed E-state index contributed by atoms with van der Waals surface area (Å²) in [5.74, 6) is 1.20. The number of nitro groups is 1. The predicted molar refractivity (Wildman–Crippen MR) is 122 cm³/mol. The van der Waals surface area contributed by atoms with Crippen molar-refractivity contribution in [2.75, 3.05) is 11.9 Å². The summed E-state index contributed by atoms with van der Waals surface area (Å²) < 4.78 is 12.5. The number of nitrogens with one attached hydrogen (secondary N) is 1. The molecule has 3 aromatic rings. The fourth-order valence-corrected chi connectivity index (χ4v) is 3.62. The third-order valence-electron chi connectivity index (χ3n) is 4.25. The lowest BCUT2D eigenvalue weighted by atomic mass is 10.2. The van der Waals surface area contributed by atoms with Crippen LogP contribution in [-0.2, 0) is 13.2 Å². The Kier molecular flexibility index (Phi) is 7.54. The van der Waals surface area contributed by atoms with Gasteiger partial charge in [-0.3, -0.25) is 10.1 Å². The zero-order valence-corrected chi connectivity index (χ0v) is 18.6. The highest BCUT2D eigenvalue weighted by molar-refractivity contribution is 9.10. The van der Waals surface area contributed by atoms with Gasteiger partial charge in [-0.05, 0) is 52.7 Å². The summed E-state index contributed by atoms with van der Waals surface area (Å²) in [7, 11) is 0. The summed E-state index contributed by atoms with van der Waals surface area (Å²) in [4.78, 5) is 10.5. The van der Waals surface area contributed by atoms with Crippen LogP contribution in [-0.4, -0.2) is 11.5 Å². The van der Waals surface area contributed by atoms with E-state index in [0.717, 1.165) is 15.6 Å². The van der Waals surface area contributed by atoms with Gasteiger partial charge in [0.05, 0.1) is 16.0 Å². The quantitative estimate of drug-likeness (QED) is 0.270. The van der Waals surface area contributed by atoms with Crippen LogP contribution in [0, 0.1) is 10.1 Å². The van der Waals surface area contributed by atoms with Crippen LogP contribution < -0.4 is 14.8 Å². The number of hydrogen-bond acceptors (Lipinski definition) is 5. The first-order valence-electron chi connectivity index (χ1n) is 9.27. The molecule has 0 fully saturated rings. The standard InChI is InChI=1S/C22H20BrClN2O4/c1-2-29-21-11-15(13-25-17-7-5-8-18(12-17)26(27)28)10-19(23)22(21)30-14-16-6-3-4-9-20(16)24/h3-12,25H,2,13-14H2,1H3. The SMILES string of the molecule is CCOc1cc(CNc2cccc([N+](=O)[O-])c2)cc(Br)c1OCc1ccccc1Cl. The van der Waals surface area contributed by atoms with E-state index in [0.29, 0.717) is 42.0 Å². The predicted octanol–water partition coefficient (Wildman–Crippen LogP) is 6.60. The molecular formula is C22H20BrClN2O4. The Labute approximate surface area is 188 Å². The van der Waals surface area contributed by atoms with E-state index in [2.05, 4.69) is 21.2 Å². The van der Waals surface area contributed by atoms with E-state index in [4.69, 9.17) is 21.1 Å². The van der Waals surface area contributed by atoms with Crippen LogP contribution in [0.4, 0.5) is 11.4 Å². The molecule has 0 saturated carbocycles. The average molecular weight is 492 g/mol. The van der Waals surface area contributed by atoms with Crippen LogP contribution in [0.2, 0.25) is 5.02 Å². The minimum Gasteiger partial charge on any atom is -0.490 e. The van der Waals surface area contributed by atoms with Gasteiger partial charge in [-0.25, -0.2) is 0 Å². The minimum absolute atomic E-state index is 0.0412. The van der Waals surface area contributed by atoms with Crippen LogP contribution in [0.25, 0.3) is 0 Å². The minimum atomic E-state index is -0.417. The first kappa shape index (κ1) is 21.9. The number of ether oxygens (including phenoxy) is 2. The smallest absolute Gasteiger partial charge is 0.271 e. The number of nitrogens with zero attached hydrogens (tertiary/aromatic N) is 1. The molecule has 1 N–H and O–H groups in total. The normalized spacial score (nSPS) is 10.5. The second-order valence-electron chi connectivity index (χ2n) is 6.38. The molecule has 0 atom stereocenters. The molecule has 0 spiro atoms. The van der Waals surface area contributed by atoms with Crippen LogP contribution in [0.5, 0.6) is 11.5 Å². The van der Waals surface area contributed by atoms with E-state index in [9.17, 15) is 10.1 Å². The van der Waals surface area contributed by atoms with Gasteiger partial charge in [-0.1, -0.05) is 35.9 Å². The molecule has 3 rings (SSSR count). The molecule has 0 amide bonds. The number of rotatable bonds is 9. The second kappa shape index (κ2) is 10.3. The summed E-state index contributed by atoms with van der Waals surface area (Å²) in [6.45, 7) is 3.16. The molecule has 0 aromatic heterocycles. The van der Waals surface area contributed by atoms with Gasteiger partial charge in [-0.15, -0.1) is 0 Å². The van der Waals surface area contributed by atoms with Crippen LogP contribution in [0.3, 0.4) is 0 Å². The Bertz CT molecular complexity index is 1050. The van der Waals surface area contributed by atoms with Gasteiger partial charge in [0.1, 0.15) is 6.61 Å². The zero-order chi connectivity index (χ0) is 21.5. The third kappa shape index (κ3) is 5.64. The molecule has 0 aliphatic carbocycles. The summed E-state index contributed by atoms with van der Waals surface area (Å²) in [5, 5.41) is 14.8. The van der Waals surface area contributed by atoms with Crippen molar-refractivity contribution < 1.29 is 14.4 Å².